The van der Waals surface area contributed by atoms with Gasteiger partial charge in [-0.05, 0) is 19.3 Å². The Labute approximate surface area is 84.7 Å². The summed E-state index contributed by atoms with van der Waals surface area (Å²) < 4.78 is 0. The summed E-state index contributed by atoms with van der Waals surface area (Å²) >= 11 is 0. The van der Waals surface area contributed by atoms with Gasteiger partial charge >= 0.3 is 6.03 Å². The molecule has 80 valence electrons. The third-order valence-electron chi connectivity index (χ3n) is 3.02. The minimum Gasteiger partial charge on any atom is -0.310 e. The molecule has 0 atom stereocenters. The first kappa shape index (κ1) is 11.0. The van der Waals surface area contributed by atoms with Crippen LogP contribution in [-0.2, 0) is 4.79 Å². The maximum Gasteiger partial charge on any atom is 0.325 e. The highest BCUT2D eigenvalue weighted by Crippen LogP contribution is 2.29. The van der Waals surface area contributed by atoms with Crippen LogP contribution >= 0.6 is 0 Å². The van der Waals surface area contributed by atoms with Gasteiger partial charge < -0.3 is 4.90 Å². The zero-order valence-corrected chi connectivity index (χ0v) is 9.09. The number of imide groups is 1. The number of rotatable bonds is 4. The summed E-state index contributed by atoms with van der Waals surface area (Å²) in [6, 6.07) is -0.236. The van der Waals surface area contributed by atoms with E-state index in [1.807, 2.05) is 20.8 Å². The quantitative estimate of drug-likeness (QED) is 0.696. The summed E-state index contributed by atoms with van der Waals surface area (Å²) in [6.07, 6.45) is 2.24. The maximum absolute atomic E-state index is 11.7. The monoisotopic (exact) mass is 198 g/mol. The molecule has 1 fully saturated rings. The number of nitrogens with one attached hydrogen (secondary N) is 1. The van der Waals surface area contributed by atoms with Crippen LogP contribution in [0.5, 0.6) is 0 Å². The first-order chi connectivity index (χ1) is 6.62. The Kier molecular flexibility index (Phi) is 3.13. The molecule has 1 saturated heterocycles. The van der Waals surface area contributed by atoms with Crippen LogP contribution in [0.2, 0.25) is 0 Å². The molecule has 1 heterocycles. The van der Waals surface area contributed by atoms with Gasteiger partial charge in [0, 0.05) is 6.54 Å². The normalized spacial score (nSPS) is 20.1. The average Bonchev–Trinajstić information content (AvgIpc) is 2.40. The van der Waals surface area contributed by atoms with Crippen LogP contribution < -0.4 is 5.32 Å². The second kappa shape index (κ2) is 3.98. The number of carbonyl (C=O) groups is 2. The molecule has 0 spiro atoms. The molecule has 4 heteroatoms. The number of nitrogens with zero attached hydrogens (tertiary/aromatic N) is 1. The van der Waals surface area contributed by atoms with Crippen LogP contribution in [0.3, 0.4) is 0 Å². The van der Waals surface area contributed by atoms with Gasteiger partial charge in [0.25, 0.3) is 5.91 Å². The molecule has 0 saturated carbocycles. The van der Waals surface area contributed by atoms with E-state index in [0.29, 0.717) is 19.4 Å². The van der Waals surface area contributed by atoms with Gasteiger partial charge in [-0.2, -0.15) is 0 Å². The Bertz CT molecular complexity index is 247. The van der Waals surface area contributed by atoms with Crippen LogP contribution in [0.15, 0.2) is 0 Å². The fourth-order valence-electron chi connectivity index (χ4n) is 2.09. The van der Waals surface area contributed by atoms with Crippen LogP contribution in [0.1, 0.15) is 40.0 Å². The smallest absolute Gasteiger partial charge is 0.310 e. The van der Waals surface area contributed by atoms with Crippen molar-refractivity contribution in [1.82, 2.24) is 10.2 Å². The summed E-state index contributed by atoms with van der Waals surface area (Å²) in [6.45, 7) is 6.56. The van der Waals surface area contributed by atoms with Crippen molar-refractivity contribution in [2.75, 3.05) is 6.54 Å². The Balaban J connectivity index is 2.97. The summed E-state index contributed by atoms with van der Waals surface area (Å²) in [4.78, 5) is 24.9. The van der Waals surface area contributed by atoms with Crippen molar-refractivity contribution in [2.45, 2.75) is 45.6 Å². The Hall–Kier alpha value is -1.06. The predicted octanol–water partition coefficient (Wildman–Crippen LogP) is 1.51. The second-order valence-corrected chi connectivity index (χ2v) is 3.65. The molecule has 0 aliphatic carbocycles. The van der Waals surface area contributed by atoms with E-state index in [1.165, 1.54) is 0 Å². The molecule has 0 aromatic rings. The Morgan fingerprint density at radius 1 is 1.21 bits per heavy atom. The summed E-state index contributed by atoms with van der Waals surface area (Å²) in [5, 5.41) is 2.39. The number of urea groups is 1. The highest BCUT2D eigenvalue weighted by molar-refractivity contribution is 6.06. The molecule has 1 aliphatic heterocycles. The summed E-state index contributed by atoms with van der Waals surface area (Å²) in [5.41, 5.74) is -0.590. The lowest BCUT2D eigenvalue weighted by Gasteiger charge is -2.33. The third kappa shape index (κ3) is 1.38. The number of amides is 3. The largest absolute Gasteiger partial charge is 0.325 e. The number of carbonyl (C=O) groups excluding carboxylic acids is 2. The van der Waals surface area contributed by atoms with Gasteiger partial charge in [-0.1, -0.05) is 20.8 Å². The van der Waals surface area contributed by atoms with E-state index < -0.39 is 5.54 Å². The minimum atomic E-state index is -0.590. The topological polar surface area (TPSA) is 49.4 Å². The first-order valence-corrected chi connectivity index (χ1v) is 5.25. The van der Waals surface area contributed by atoms with Crippen molar-refractivity contribution in [3.8, 4) is 0 Å². The van der Waals surface area contributed by atoms with Gasteiger partial charge in [-0.3, -0.25) is 10.1 Å². The molecule has 3 amide bonds. The van der Waals surface area contributed by atoms with Gasteiger partial charge in [0.05, 0.1) is 0 Å². The zero-order valence-electron chi connectivity index (χ0n) is 9.09. The van der Waals surface area contributed by atoms with Crippen LogP contribution in [-0.4, -0.2) is 28.9 Å². The van der Waals surface area contributed by atoms with Gasteiger partial charge in [0.2, 0.25) is 0 Å². The van der Waals surface area contributed by atoms with Crippen LogP contribution in [0.4, 0.5) is 4.79 Å². The molecule has 0 radical (unpaired) electrons. The van der Waals surface area contributed by atoms with E-state index in [1.54, 1.807) is 4.90 Å². The summed E-state index contributed by atoms with van der Waals surface area (Å²) in [5.74, 6) is -0.138. The number of hydrogen-bond acceptors (Lipinski definition) is 2. The fraction of sp³-hybridized carbons (Fsp3) is 0.800. The van der Waals surface area contributed by atoms with E-state index in [9.17, 15) is 9.59 Å². The molecule has 0 aromatic heterocycles. The van der Waals surface area contributed by atoms with Crippen LogP contribution in [0.25, 0.3) is 0 Å². The maximum atomic E-state index is 11.7. The van der Waals surface area contributed by atoms with E-state index >= 15 is 0 Å². The lowest BCUT2D eigenvalue weighted by Crippen LogP contribution is -2.48. The highest BCUT2D eigenvalue weighted by atomic mass is 16.2. The SMILES string of the molecule is CCCN1C(=O)NC(=O)C1(CC)CC. The molecule has 1 aliphatic rings. The average molecular weight is 198 g/mol. The highest BCUT2D eigenvalue weighted by Gasteiger charge is 2.49. The van der Waals surface area contributed by atoms with Gasteiger partial charge in [0.1, 0.15) is 5.54 Å². The fourth-order valence-corrected chi connectivity index (χ4v) is 2.09. The van der Waals surface area contributed by atoms with Gasteiger partial charge in [-0.25, -0.2) is 4.79 Å². The lowest BCUT2D eigenvalue weighted by atomic mass is 9.91. The van der Waals surface area contributed by atoms with Crippen molar-refractivity contribution >= 4 is 11.9 Å². The van der Waals surface area contributed by atoms with E-state index in [0.717, 1.165) is 6.42 Å². The third-order valence-corrected chi connectivity index (χ3v) is 3.02. The van der Waals surface area contributed by atoms with Crippen molar-refractivity contribution in [1.29, 1.82) is 0 Å². The van der Waals surface area contributed by atoms with E-state index in [4.69, 9.17) is 0 Å². The summed E-state index contributed by atoms with van der Waals surface area (Å²) in [7, 11) is 0. The van der Waals surface area contributed by atoms with Gasteiger partial charge in [-0.15, -0.1) is 0 Å². The standard InChI is InChI=1S/C10H18N2O2/c1-4-7-12-9(14)11-8(13)10(12,5-2)6-3/h4-7H2,1-3H3,(H,11,13,14). The van der Waals surface area contributed by atoms with Gasteiger partial charge in [0.15, 0.2) is 0 Å². The second-order valence-electron chi connectivity index (χ2n) is 3.65. The zero-order chi connectivity index (χ0) is 10.8. The van der Waals surface area contributed by atoms with E-state index in [-0.39, 0.29) is 11.9 Å². The minimum absolute atomic E-state index is 0.138. The number of hydrogen-bond donors (Lipinski definition) is 1. The van der Waals surface area contributed by atoms with Crippen molar-refractivity contribution in [2.24, 2.45) is 0 Å². The van der Waals surface area contributed by atoms with Crippen molar-refractivity contribution < 1.29 is 9.59 Å². The molecule has 0 bridgehead atoms. The first-order valence-electron chi connectivity index (χ1n) is 5.25. The molecule has 0 aromatic carbocycles. The lowest BCUT2D eigenvalue weighted by molar-refractivity contribution is -0.127. The molecule has 4 nitrogen and oxygen atoms in total. The molecular formula is C10H18N2O2. The molecule has 0 unspecified atom stereocenters. The predicted molar refractivity (Wildman–Crippen MR) is 53.8 cm³/mol. The Morgan fingerprint density at radius 2 is 1.79 bits per heavy atom. The van der Waals surface area contributed by atoms with E-state index in [2.05, 4.69) is 5.32 Å². The molecular weight excluding hydrogens is 180 g/mol. The van der Waals surface area contributed by atoms with Crippen LogP contribution in [0, 0.1) is 0 Å². The molecule has 1 N–H and O–H groups in total. The molecule has 14 heavy (non-hydrogen) atoms. The Morgan fingerprint density at radius 3 is 2.21 bits per heavy atom. The van der Waals surface area contributed by atoms with Crippen molar-refractivity contribution in [3.05, 3.63) is 0 Å². The molecule has 1 rings (SSSR count). The van der Waals surface area contributed by atoms with Crippen molar-refractivity contribution in [3.63, 3.8) is 0 Å².